The van der Waals surface area contributed by atoms with Crippen LogP contribution < -0.4 is 0 Å². The van der Waals surface area contributed by atoms with Crippen molar-refractivity contribution in [2.75, 3.05) is 0 Å². The van der Waals surface area contributed by atoms with E-state index in [1.807, 2.05) is 18.2 Å². The normalized spacial score (nSPS) is 10.1. The molecule has 0 unspecified atom stereocenters. The van der Waals surface area contributed by atoms with E-state index in [2.05, 4.69) is 15.0 Å². The maximum atomic E-state index is 9.37. The minimum Gasteiger partial charge on any atom is -0.506 e. The molecule has 6 aromatic rings. The molecule has 0 atom stereocenters. The fraction of sp³-hybridized carbons (Fsp3) is 0. The van der Waals surface area contributed by atoms with Gasteiger partial charge in [0.1, 0.15) is 33.8 Å². The van der Waals surface area contributed by atoms with Crippen LogP contribution >= 0.6 is 34.8 Å². The molecule has 6 rings (SSSR count). The number of phenolic OH excluding ortho intramolecular Hbond substituents is 3. The number of nitrogens with zero attached hydrogens (tertiary/aromatic N) is 3. The molecular weight excluding hydrogens is 560 g/mol. The van der Waals surface area contributed by atoms with Crippen LogP contribution in [0.15, 0.2) is 91.4 Å². The molecule has 3 aromatic heterocycles. The molecule has 0 bridgehead atoms. The minimum atomic E-state index is 0. The van der Waals surface area contributed by atoms with E-state index in [0.717, 1.165) is 16.2 Å². The largest absolute Gasteiger partial charge is 0.506 e. The van der Waals surface area contributed by atoms with Gasteiger partial charge in [0.2, 0.25) is 0 Å². The van der Waals surface area contributed by atoms with E-state index >= 15 is 0 Å². The summed E-state index contributed by atoms with van der Waals surface area (Å²) in [6.07, 6.45) is 4.87. The van der Waals surface area contributed by atoms with Gasteiger partial charge in [0.25, 0.3) is 0 Å². The van der Waals surface area contributed by atoms with Crippen molar-refractivity contribution in [3.63, 3.8) is 0 Å². The predicted octanol–water partition coefficient (Wildman–Crippen LogP) is 7.40. The second kappa shape index (κ2) is 13.5. The number of hydrogen-bond acceptors (Lipinski definition) is 6. The summed E-state index contributed by atoms with van der Waals surface area (Å²) in [4.78, 5) is 12.0. The van der Waals surface area contributed by atoms with Crippen LogP contribution in [0.1, 0.15) is 0 Å². The number of fused-ring (bicyclic) bond motifs is 3. The van der Waals surface area contributed by atoms with Gasteiger partial charge in [-0.15, -0.1) is 0 Å². The number of halogens is 3. The smallest absolute Gasteiger partial charge is 0.141 e. The molecule has 0 aliphatic carbocycles. The van der Waals surface area contributed by atoms with Crippen molar-refractivity contribution in [3.8, 4) is 17.2 Å². The van der Waals surface area contributed by atoms with Gasteiger partial charge in [0.15, 0.2) is 0 Å². The van der Waals surface area contributed by atoms with Crippen LogP contribution in [0.4, 0.5) is 0 Å². The fourth-order valence-corrected chi connectivity index (χ4v) is 4.02. The van der Waals surface area contributed by atoms with Crippen molar-refractivity contribution < 1.29 is 15.3 Å². The number of phenols is 3. The van der Waals surface area contributed by atoms with Crippen LogP contribution in [0, 0.1) is 0 Å². The van der Waals surface area contributed by atoms with Crippen molar-refractivity contribution >= 4 is 119 Å². The first-order chi connectivity index (χ1) is 17.4. The summed E-state index contributed by atoms with van der Waals surface area (Å²) >= 11 is 17.6. The molecule has 3 N–H and O–H groups in total. The molecule has 37 heavy (non-hydrogen) atoms. The van der Waals surface area contributed by atoms with Crippen LogP contribution in [-0.4, -0.2) is 81.7 Å². The molecule has 181 valence electrons. The zero-order chi connectivity index (χ0) is 25.7. The average Bonchev–Trinajstić information content (AvgIpc) is 2.92. The maximum Gasteiger partial charge on any atom is 0.141 e. The quantitative estimate of drug-likeness (QED) is 0.163. The first-order valence-electron chi connectivity index (χ1n) is 10.5. The van der Waals surface area contributed by atoms with Gasteiger partial charge in [0.05, 0.1) is 15.1 Å². The Bertz CT molecular complexity index is 1370. The zero-order valence-corrected chi connectivity index (χ0v) is 24.9. The second-order valence-electron chi connectivity index (χ2n) is 7.40. The van der Waals surface area contributed by atoms with Crippen LogP contribution in [0.25, 0.3) is 32.7 Å². The maximum absolute atomic E-state index is 9.37. The molecule has 0 aliphatic heterocycles. The number of aromatic hydroxyl groups is 3. The number of benzene rings is 3. The van der Waals surface area contributed by atoms with E-state index in [9.17, 15) is 15.3 Å². The third-order valence-corrected chi connectivity index (χ3v) is 6.07. The first-order valence-corrected chi connectivity index (χ1v) is 11.7. The van der Waals surface area contributed by atoms with Crippen molar-refractivity contribution in [1.82, 2.24) is 15.0 Å². The summed E-state index contributed by atoms with van der Waals surface area (Å²) in [5, 5.41) is 32.3. The standard InChI is InChI=1S/3C9H6ClNO.K/c3*10-7-3-4-8(12)9-6(7)2-1-5-11-9;/h3*1-5,12H;. The SMILES string of the molecule is Oc1ccc(Cl)c2cccnc12.Oc1ccc(Cl)c2cccnc12.Oc1ccc(Cl)c2cccnc12.[K]. The van der Waals surface area contributed by atoms with Gasteiger partial charge in [-0.2, -0.15) is 0 Å². The molecule has 0 saturated heterocycles. The Labute approximate surface area is 269 Å². The van der Waals surface area contributed by atoms with E-state index in [-0.39, 0.29) is 68.6 Å². The van der Waals surface area contributed by atoms with E-state index in [1.165, 1.54) is 18.2 Å². The predicted molar refractivity (Wildman–Crippen MR) is 151 cm³/mol. The monoisotopic (exact) mass is 576 g/mol. The molecule has 1 radical (unpaired) electrons. The molecule has 3 heterocycles. The van der Waals surface area contributed by atoms with Gasteiger partial charge in [-0.1, -0.05) is 34.8 Å². The Kier molecular flexibility index (Phi) is 10.7. The van der Waals surface area contributed by atoms with E-state index in [0.29, 0.717) is 31.6 Å². The van der Waals surface area contributed by atoms with Crippen molar-refractivity contribution in [1.29, 1.82) is 0 Å². The number of pyridine rings is 3. The van der Waals surface area contributed by atoms with Crippen molar-refractivity contribution in [2.24, 2.45) is 0 Å². The summed E-state index contributed by atoms with van der Waals surface area (Å²) in [6, 6.07) is 20.4. The Morgan fingerprint density at radius 3 is 0.946 bits per heavy atom. The fourth-order valence-electron chi connectivity index (χ4n) is 3.37. The Balaban J connectivity index is 0.000000152. The first kappa shape index (κ1) is 29.4. The van der Waals surface area contributed by atoms with Gasteiger partial charge in [-0.05, 0) is 72.8 Å². The van der Waals surface area contributed by atoms with Crippen molar-refractivity contribution in [3.05, 3.63) is 106 Å². The topological polar surface area (TPSA) is 99.4 Å². The van der Waals surface area contributed by atoms with Gasteiger partial charge >= 0.3 is 0 Å². The summed E-state index contributed by atoms with van der Waals surface area (Å²) in [7, 11) is 0. The summed E-state index contributed by atoms with van der Waals surface area (Å²) in [5.41, 5.74) is 1.64. The van der Waals surface area contributed by atoms with Gasteiger partial charge in [-0.3, -0.25) is 15.0 Å². The van der Waals surface area contributed by atoms with Gasteiger partial charge < -0.3 is 15.3 Å². The zero-order valence-electron chi connectivity index (χ0n) is 19.5. The Hall–Kier alpha value is -2.20. The number of rotatable bonds is 0. The van der Waals surface area contributed by atoms with E-state index in [4.69, 9.17) is 34.8 Å². The molecule has 10 heteroatoms. The molecule has 6 nitrogen and oxygen atoms in total. The third kappa shape index (κ3) is 7.01. The van der Waals surface area contributed by atoms with Crippen LogP contribution in [0.2, 0.25) is 15.1 Å². The van der Waals surface area contributed by atoms with Gasteiger partial charge in [0, 0.05) is 86.1 Å². The Morgan fingerprint density at radius 1 is 0.432 bits per heavy atom. The summed E-state index contributed by atoms with van der Waals surface area (Å²) in [5.74, 6) is 0.486. The average molecular weight is 578 g/mol. The summed E-state index contributed by atoms with van der Waals surface area (Å²) in [6.45, 7) is 0. The molecule has 0 saturated carbocycles. The Morgan fingerprint density at radius 2 is 0.703 bits per heavy atom. The van der Waals surface area contributed by atoms with Crippen LogP contribution in [0.3, 0.4) is 0 Å². The molecular formula is C27H18Cl3KN3O3. The number of hydrogen-bond donors (Lipinski definition) is 3. The van der Waals surface area contributed by atoms with Crippen molar-refractivity contribution in [2.45, 2.75) is 0 Å². The molecule has 3 aromatic carbocycles. The molecule has 0 aliphatic rings. The minimum absolute atomic E-state index is 0. The van der Waals surface area contributed by atoms with Crippen LogP contribution in [-0.2, 0) is 0 Å². The second-order valence-corrected chi connectivity index (χ2v) is 8.62. The van der Waals surface area contributed by atoms with Gasteiger partial charge in [-0.25, -0.2) is 0 Å². The summed E-state index contributed by atoms with van der Waals surface area (Å²) < 4.78 is 0. The number of aromatic nitrogens is 3. The van der Waals surface area contributed by atoms with E-state index in [1.54, 1.807) is 55.0 Å². The molecule has 0 fully saturated rings. The van der Waals surface area contributed by atoms with Crippen LogP contribution in [0.5, 0.6) is 17.2 Å². The van der Waals surface area contributed by atoms with E-state index < -0.39 is 0 Å². The molecule has 0 amide bonds. The molecule has 0 spiro atoms. The third-order valence-electron chi connectivity index (χ3n) is 5.09.